The maximum Gasteiger partial charge on any atom is 0.262 e. The maximum atomic E-state index is 13.7. The number of anilines is 1. The van der Waals surface area contributed by atoms with Crippen molar-refractivity contribution in [3.8, 4) is 17.2 Å². The number of aliphatic hydroxyl groups excluding tert-OH is 1. The number of ether oxygens (including phenoxy) is 3. The summed E-state index contributed by atoms with van der Waals surface area (Å²) in [6.07, 6.45) is -0.403. The number of rotatable bonds is 11. The molecule has 1 aliphatic rings. The van der Waals surface area contributed by atoms with Crippen LogP contribution in [0.1, 0.15) is 29.8 Å². The fourth-order valence-electron chi connectivity index (χ4n) is 4.91. The van der Waals surface area contributed by atoms with E-state index in [1.807, 2.05) is 38.2 Å². The topological polar surface area (TPSA) is 118 Å². The van der Waals surface area contributed by atoms with Crippen molar-refractivity contribution in [1.29, 1.82) is 0 Å². The van der Waals surface area contributed by atoms with Crippen LogP contribution in [0.4, 0.5) is 5.69 Å². The summed E-state index contributed by atoms with van der Waals surface area (Å²) in [4.78, 5) is 17.5. The Labute approximate surface area is 247 Å². The molecule has 11 heteroatoms. The average molecular weight is 598 g/mol. The van der Waals surface area contributed by atoms with E-state index in [-0.39, 0.29) is 40.3 Å². The molecule has 42 heavy (non-hydrogen) atoms. The minimum atomic E-state index is -4.02. The molecule has 0 unspecified atom stereocenters. The lowest BCUT2D eigenvalue weighted by molar-refractivity contribution is 0.0344. The molecule has 0 saturated heterocycles. The normalized spacial score (nSPS) is 18.0. The lowest BCUT2D eigenvalue weighted by Crippen LogP contribution is -2.49. The van der Waals surface area contributed by atoms with E-state index < -0.39 is 22.2 Å². The smallest absolute Gasteiger partial charge is 0.262 e. The maximum absolute atomic E-state index is 13.7. The van der Waals surface area contributed by atoms with E-state index in [1.54, 1.807) is 49.3 Å². The van der Waals surface area contributed by atoms with Gasteiger partial charge in [0.1, 0.15) is 17.6 Å². The minimum absolute atomic E-state index is 0.0396. The second kappa shape index (κ2) is 13.5. The quantitative estimate of drug-likeness (QED) is 0.342. The van der Waals surface area contributed by atoms with Crippen molar-refractivity contribution in [1.82, 2.24) is 9.80 Å². The number of carbonyl (C=O) groups is 1. The Morgan fingerprint density at radius 2 is 1.67 bits per heavy atom. The van der Waals surface area contributed by atoms with Crippen LogP contribution in [-0.4, -0.2) is 82.3 Å². The summed E-state index contributed by atoms with van der Waals surface area (Å²) in [6, 6.07) is 18.2. The summed E-state index contributed by atoms with van der Waals surface area (Å²) in [7, 11) is 1.10. The van der Waals surface area contributed by atoms with Crippen molar-refractivity contribution in [3.63, 3.8) is 0 Å². The second-order valence-electron chi connectivity index (χ2n) is 10.6. The summed E-state index contributed by atoms with van der Waals surface area (Å²) in [5, 5.41) is 9.94. The summed E-state index contributed by atoms with van der Waals surface area (Å²) in [5.41, 5.74) is 1.47. The van der Waals surface area contributed by atoms with Crippen LogP contribution in [0.15, 0.2) is 71.6 Å². The van der Waals surface area contributed by atoms with E-state index in [2.05, 4.69) is 9.62 Å². The Hall–Kier alpha value is -3.80. The number of hydrogen-bond acceptors (Lipinski definition) is 8. The highest BCUT2D eigenvalue weighted by molar-refractivity contribution is 7.92. The Morgan fingerprint density at radius 3 is 2.26 bits per heavy atom. The summed E-state index contributed by atoms with van der Waals surface area (Å²) < 4.78 is 46.3. The fourth-order valence-corrected chi connectivity index (χ4v) is 5.98. The Morgan fingerprint density at radius 1 is 1.05 bits per heavy atom. The molecule has 0 aliphatic carbocycles. The molecular weight excluding hydrogens is 558 g/mol. The van der Waals surface area contributed by atoms with Crippen LogP contribution in [0.25, 0.3) is 0 Å². The van der Waals surface area contributed by atoms with E-state index in [0.29, 0.717) is 25.4 Å². The van der Waals surface area contributed by atoms with Gasteiger partial charge in [0.2, 0.25) is 0 Å². The standard InChI is InChI=1S/C31H39N3O7S/c1-21-17-34(22(2)20-35)31(36)27-7-6-8-28(32-42(37,38)26-15-13-25(40-5)14-16-26)30(27)41-29(21)19-33(3)18-23-9-11-24(39-4)12-10-23/h6-16,21-22,29,32,35H,17-20H2,1-5H3/t21-,22-,29+/m1/s1. The van der Waals surface area contributed by atoms with Crippen LogP contribution in [0, 0.1) is 5.92 Å². The fraction of sp³-hybridized carbons (Fsp3) is 0.387. The molecule has 4 rings (SSSR count). The van der Waals surface area contributed by atoms with Crippen LogP contribution in [0.2, 0.25) is 0 Å². The zero-order chi connectivity index (χ0) is 30.4. The van der Waals surface area contributed by atoms with Gasteiger partial charge in [0.05, 0.1) is 43.0 Å². The SMILES string of the molecule is COc1ccc(CN(C)C[C@@H]2Oc3c(NS(=O)(=O)c4ccc(OC)cc4)cccc3C(=O)N([C@H](C)CO)C[C@H]2C)cc1. The molecular formula is C31H39N3O7S. The second-order valence-corrected chi connectivity index (χ2v) is 12.3. The number of fused-ring (bicyclic) bond motifs is 1. The van der Waals surface area contributed by atoms with Crippen molar-refractivity contribution >= 4 is 21.6 Å². The van der Waals surface area contributed by atoms with Crippen molar-refractivity contribution in [2.75, 3.05) is 45.7 Å². The average Bonchev–Trinajstić information content (AvgIpc) is 2.99. The number of likely N-dealkylation sites (N-methyl/N-ethyl adjacent to an activating group) is 1. The number of hydrogen-bond donors (Lipinski definition) is 2. The lowest BCUT2D eigenvalue weighted by atomic mass is 9.99. The number of nitrogens with one attached hydrogen (secondary N) is 1. The zero-order valence-electron chi connectivity index (χ0n) is 24.6. The number of benzene rings is 3. The van der Waals surface area contributed by atoms with Gasteiger partial charge in [-0.2, -0.15) is 0 Å². The van der Waals surface area contributed by atoms with Crippen LogP contribution < -0.4 is 18.9 Å². The Balaban J connectivity index is 1.68. The minimum Gasteiger partial charge on any atom is -0.497 e. The molecule has 0 fully saturated rings. The molecule has 10 nitrogen and oxygen atoms in total. The van der Waals surface area contributed by atoms with Crippen molar-refractivity contribution < 1.29 is 32.5 Å². The molecule has 3 aromatic rings. The highest BCUT2D eigenvalue weighted by Crippen LogP contribution is 2.36. The molecule has 3 aromatic carbocycles. The van der Waals surface area contributed by atoms with Crippen LogP contribution >= 0.6 is 0 Å². The molecule has 3 atom stereocenters. The highest BCUT2D eigenvalue weighted by atomic mass is 32.2. The molecule has 1 amide bonds. The van der Waals surface area contributed by atoms with E-state index >= 15 is 0 Å². The Kier molecular flexibility index (Phi) is 9.97. The van der Waals surface area contributed by atoms with Gasteiger partial charge in [0.15, 0.2) is 5.75 Å². The molecule has 0 saturated carbocycles. The van der Waals surface area contributed by atoms with Gasteiger partial charge in [0.25, 0.3) is 15.9 Å². The summed E-state index contributed by atoms with van der Waals surface area (Å²) in [5.74, 6) is 0.988. The van der Waals surface area contributed by atoms with E-state index in [4.69, 9.17) is 14.2 Å². The summed E-state index contributed by atoms with van der Waals surface area (Å²) >= 11 is 0. The number of para-hydroxylation sites is 1. The van der Waals surface area contributed by atoms with E-state index in [9.17, 15) is 18.3 Å². The predicted molar refractivity (Wildman–Crippen MR) is 161 cm³/mol. The van der Waals surface area contributed by atoms with Gasteiger partial charge in [-0.3, -0.25) is 14.4 Å². The Bertz CT molecular complexity index is 1460. The molecule has 0 bridgehead atoms. The summed E-state index contributed by atoms with van der Waals surface area (Å²) in [6.45, 7) is 5.08. The van der Waals surface area contributed by atoms with Crippen LogP contribution in [0.5, 0.6) is 17.2 Å². The van der Waals surface area contributed by atoms with Gasteiger partial charge in [-0.05, 0) is 68.1 Å². The third kappa shape index (κ3) is 7.15. The van der Waals surface area contributed by atoms with Crippen LogP contribution in [0.3, 0.4) is 0 Å². The highest BCUT2D eigenvalue weighted by Gasteiger charge is 2.35. The van der Waals surface area contributed by atoms with Gasteiger partial charge in [-0.1, -0.05) is 25.1 Å². The first-order chi connectivity index (χ1) is 20.1. The van der Waals surface area contributed by atoms with Gasteiger partial charge in [0, 0.05) is 25.6 Å². The number of sulfonamides is 1. The molecule has 226 valence electrons. The molecule has 2 N–H and O–H groups in total. The zero-order valence-corrected chi connectivity index (χ0v) is 25.4. The first-order valence-electron chi connectivity index (χ1n) is 13.8. The number of methoxy groups -OCH3 is 2. The molecule has 0 spiro atoms. The largest absolute Gasteiger partial charge is 0.497 e. The van der Waals surface area contributed by atoms with Gasteiger partial charge in [-0.25, -0.2) is 8.42 Å². The molecule has 1 aliphatic heterocycles. The van der Waals surface area contributed by atoms with Crippen molar-refractivity contribution in [2.24, 2.45) is 5.92 Å². The molecule has 1 heterocycles. The van der Waals surface area contributed by atoms with Gasteiger partial charge < -0.3 is 24.2 Å². The predicted octanol–water partition coefficient (Wildman–Crippen LogP) is 3.86. The third-order valence-corrected chi connectivity index (χ3v) is 8.79. The molecule has 0 aromatic heterocycles. The number of carbonyl (C=O) groups excluding carboxylic acids is 1. The monoisotopic (exact) mass is 597 g/mol. The van der Waals surface area contributed by atoms with E-state index in [1.165, 1.54) is 19.2 Å². The van der Waals surface area contributed by atoms with E-state index in [0.717, 1.165) is 11.3 Å². The number of aliphatic hydroxyl groups is 1. The first-order valence-corrected chi connectivity index (χ1v) is 15.2. The van der Waals surface area contributed by atoms with Crippen molar-refractivity contribution in [2.45, 2.75) is 37.4 Å². The number of nitrogens with zero attached hydrogens (tertiary/aromatic N) is 2. The lowest BCUT2D eigenvalue weighted by Gasteiger charge is -2.38. The number of amides is 1. The van der Waals surface area contributed by atoms with Crippen molar-refractivity contribution in [3.05, 3.63) is 77.9 Å². The van der Waals surface area contributed by atoms with Crippen LogP contribution in [-0.2, 0) is 16.6 Å². The molecule has 0 radical (unpaired) electrons. The van der Waals surface area contributed by atoms with Gasteiger partial charge in [-0.15, -0.1) is 0 Å². The third-order valence-electron chi connectivity index (χ3n) is 7.41. The first kappa shape index (κ1) is 31.1. The van der Waals surface area contributed by atoms with Gasteiger partial charge >= 0.3 is 0 Å².